The van der Waals surface area contributed by atoms with Crippen molar-refractivity contribution in [2.75, 3.05) is 0 Å². The van der Waals surface area contributed by atoms with Crippen LogP contribution in [0, 0.1) is 6.92 Å². The SMILES string of the molecule is Cc1cccc(CSc2nnc(C(Cc3ccccc3)NC(=O)C=Cc3ccccc3)n2-c2ccc(Cl)cc2Cl)c1. The Morgan fingerprint density at radius 2 is 1.63 bits per heavy atom. The van der Waals surface area contributed by atoms with Crippen LogP contribution in [-0.2, 0) is 17.0 Å². The predicted molar refractivity (Wildman–Crippen MR) is 169 cm³/mol. The van der Waals surface area contributed by atoms with E-state index in [1.165, 1.54) is 17.2 Å². The molecule has 0 fully saturated rings. The minimum atomic E-state index is -0.488. The fraction of sp³-hybridized carbons (Fsp3) is 0.121. The maximum Gasteiger partial charge on any atom is 0.244 e. The predicted octanol–water partition coefficient (Wildman–Crippen LogP) is 8.29. The van der Waals surface area contributed by atoms with Crippen LogP contribution in [0.3, 0.4) is 0 Å². The summed E-state index contributed by atoms with van der Waals surface area (Å²) in [5, 5.41) is 14.0. The second kappa shape index (κ2) is 13.7. The van der Waals surface area contributed by atoms with Crippen LogP contribution in [0.5, 0.6) is 0 Å². The molecule has 206 valence electrons. The number of hydrogen-bond donors (Lipinski definition) is 1. The molecule has 1 unspecified atom stereocenters. The lowest BCUT2D eigenvalue weighted by Gasteiger charge is -2.20. The number of carbonyl (C=O) groups excluding carboxylic acids is 1. The molecular weight excluding hydrogens is 571 g/mol. The number of amides is 1. The van der Waals surface area contributed by atoms with Gasteiger partial charge in [0, 0.05) is 16.9 Å². The average Bonchev–Trinajstić information content (AvgIpc) is 3.39. The highest BCUT2D eigenvalue weighted by atomic mass is 35.5. The van der Waals surface area contributed by atoms with E-state index in [9.17, 15) is 4.79 Å². The molecule has 41 heavy (non-hydrogen) atoms. The van der Waals surface area contributed by atoms with Crippen molar-refractivity contribution in [1.82, 2.24) is 20.1 Å². The van der Waals surface area contributed by atoms with Gasteiger partial charge in [-0.05, 0) is 54.3 Å². The zero-order chi connectivity index (χ0) is 28.6. The van der Waals surface area contributed by atoms with Crippen LogP contribution >= 0.6 is 35.0 Å². The summed E-state index contributed by atoms with van der Waals surface area (Å²) in [6.07, 6.45) is 3.84. The quantitative estimate of drug-likeness (QED) is 0.130. The van der Waals surface area contributed by atoms with Crippen molar-refractivity contribution in [3.63, 3.8) is 0 Å². The minimum absolute atomic E-state index is 0.236. The summed E-state index contributed by atoms with van der Waals surface area (Å²) in [6.45, 7) is 2.07. The van der Waals surface area contributed by atoms with Gasteiger partial charge in [-0.15, -0.1) is 10.2 Å². The molecule has 0 aliphatic carbocycles. The number of benzene rings is 4. The molecule has 0 radical (unpaired) electrons. The van der Waals surface area contributed by atoms with Gasteiger partial charge in [0.1, 0.15) is 0 Å². The van der Waals surface area contributed by atoms with Crippen LogP contribution < -0.4 is 5.32 Å². The molecule has 0 bridgehead atoms. The number of aryl methyl sites for hydroxylation is 1. The monoisotopic (exact) mass is 598 g/mol. The van der Waals surface area contributed by atoms with Crippen LogP contribution in [0.25, 0.3) is 11.8 Å². The van der Waals surface area contributed by atoms with Crippen molar-refractivity contribution < 1.29 is 4.79 Å². The molecular formula is C33H28Cl2N4OS. The Morgan fingerprint density at radius 1 is 0.902 bits per heavy atom. The zero-order valence-electron chi connectivity index (χ0n) is 22.4. The first kappa shape index (κ1) is 28.7. The Bertz CT molecular complexity index is 1650. The second-order valence-electron chi connectivity index (χ2n) is 9.54. The van der Waals surface area contributed by atoms with E-state index in [4.69, 9.17) is 23.2 Å². The smallest absolute Gasteiger partial charge is 0.244 e. The highest BCUT2D eigenvalue weighted by Gasteiger charge is 2.25. The Balaban J connectivity index is 1.52. The van der Waals surface area contributed by atoms with Gasteiger partial charge in [-0.3, -0.25) is 9.36 Å². The number of thioether (sulfide) groups is 1. The van der Waals surface area contributed by atoms with Gasteiger partial charge in [-0.1, -0.05) is 125 Å². The van der Waals surface area contributed by atoms with Crippen LogP contribution in [0.1, 0.15) is 34.1 Å². The molecule has 0 aliphatic rings. The van der Waals surface area contributed by atoms with E-state index in [1.807, 2.05) is 77.4 Å². The van der Waals surface area contributed by atoms with Gasteiger partial charge in [0.25, 0.3) is 0 Å². The average molecular weight is 600 g/mol. The lowest BCUT2D eigenvalue weighted by atomic mass is 10.0. The van der Waals surface area contributed by atoms with Gasteiger partial charge in [0.05, 0.1) is 16.8 Å². The Hall–Kier alpha value is -3.84. The molecule has 5 aromatic rings. The maximum absolute atomic E-state index is 13.2. The summed E-state index contributed by atoms with van der Waals surface area (Å²) in [5.74, 6) is 1.03. The molecule has 0 saturated carbocycles. The standard InChI is InChI=1S/C33H28Cl2N4OS/c1-23-9-8-14-26(19-23)22-41-33-38-37-32(39(33)30-17-16-27(34)21-28(30)35)29(20-25-12-6-3-7-13-25)36-31(40)18-15-24-10-4-2-5-11-24/h2-19,21,29H,20,22H2,1H3,(H,36,40). The van der Waals surface area contributed by atoms with Crippen LogP contribution in [0.15, 0.2) is 114 Å². The van der Waals surface area contributed by atoms with Crippen molar-refractivity contribution in [2.45, 2.75) is 30.3 Å². The third-order valence-corrected chi connectivity index (χ3v) is 7.93. The zero-order valence-corrected chi connectivity index (χ0v) is 24.7. The van der Waals surface area contributed by atoms with E-state index in [1.54, 1.807) is 30.0 Å². The molecule has 1 aromatic heterocycles. The van der Waals surface area contributed by atoms with Crippen molar-refractivity contribution in [2.24, 2.45) is 0 Å². The van der Waals surface area contributed by atoms with Gasteiger partial charge >= 0.3 is 0 Å². The van der Waals surface area contributed by atoms with Crippen LogP contribution in [0.2, 0.25) is 10.0 Å². The maximum atomic E-state index is 13.2. The Kier molecular flexibility index (Phi) is 9.57. The molecule has 1 amide bonds. The molecule has 1 atom stereocenters. The van der Waals surface area contributed by atoms with Gasteiger partial charge in [-0.2, -0.15) is 0 Å². The number of nitrogens with zero attached hydrogens (tertiary/aromatic N) is 3. The summed E-state index contributed by atoms with van der Waals surface area (Å²) in [7, 11) is 0. The van der Waals surface area contributed by atoms with Crippen molar-refractivity contribution in [3.8, 4) is 5.69 Å². The van der Waals surface area contributed by atoms with Crippen molar-refractivity contribution in [1.29, 1.82) is 0 Å². The molecule has 1 N–H and O–H groups in total. The Morgan fingerprint density at radius 3 is 2.37 bits per heavy atom. The topological polar surface area (TPSA) is 59.8 Å². The summed E-state index contributed by atoms with van der Waals surface area (Å²) >= 11 is 14.5. The van der Waals surface area contributed by atoms with Crippen LogP contribution in [0.4, 0.5) is 0 Å². The minimum Gasteiger partial charge on any atom is -0.342 e. The summed E-state index contributed by atoms with van der Waals surface area (Å²) in [4.78, 5) is 13.2. The number of nitrogens with one attached hydrogen (secondary N) is 1. The van der Waals surface area contributed by atoms with Crippen molar-refractivity contribution >= 4 is 46.9 Å². The number of carbonyl (C=O) groups is 1. The lowest BCUT2D eigenvalue weighted by Crippen LogP contribution is -2.30. The second-order valence-corrected chi connectivity index (χ2v) is 11.3. The number of aromatic nitrogens is 3. The highest BCUT2D eigenvalue weighted by molar-refractivity contribution is 7.98. The molecule has 0 spiro atoms. The third-order valence-electron chi connectivity index (χ3n) is 6.40. The van der Waals surface area contributed by atoms with E-state index in [0.29, 0.717) is 38.9 Å². The fourth-order valence-electron chi connectivity index (χ4n) is 4.45. The highest BCUT2D eigenvalue weighted by Crippen LogP contribution is 2.33. The van der Waals surface area contributed by atoms with Crippen molar-refractivity contribution in [3.05, 3.63) is 147 Å². The third kappa shape index (κ3) is 7.67. The van der Waals surface area contributed by atoms with Gasteiger partial charge in [0.15, 0.2) is 11.0 Å². The van der Waals surface area contributed by atoms with E-state index < -0.39 is 6.04 Å². The van der Waals surface area contributed by atoms with E-state index >= 15 is 0 Å². The summed E-state index contributed by atoms with van der Waals surface area (Å²) in [6, 6.07) is 32.9. The first-order valence-corrected chi connectivity index (χ1v) is 14.9. The van der Waals surface area contributed by atoms with Crippen LogP contribution in [-0.4, -0.2) is 20.7 Å². The van der Waals surface area contributed by atoms with Gasteiger partial charge < -0.3 is 5.32 Å². The number of halogens is 2. The normalized spacial score (nSPS) is 12.0. The largest absolute Gasteiger partial charge is 0.342 e. The first-order chi connectivity index (χ1) is 20.0. The summed E-state index contributed by atoms with van der Waals surface area (Å²) < 4.78 is 1.92. The molecule has 8 heteroatoms. The summed E-state index contributed by atoms with van der Waals surface area (Å²) in [5.41, 5.74) is 5.05. The fourth-order valence-corrected chi connectivity index (χ4v) is 5.84. The Labute approximate surface area is 254 Å². The molecule has 5 rings (SSSR count). The number of hydrogen-bond acceptors (Lipinski definition) is 4. The van der Waals surface area contributed by atoms with E-state index in [-0.39, 0.29) is 5.91 Å². The van der Waals surface area contributed by atoms with Gasteiger partial charge in [0.2, 0.25) is 5.91 Å². The molecule has 5 nitrogen and oxygen atoms in total. The van der Waals surface area contributed by atoms with Gasteiger partial charge in [-0.25, -0.2) is 0 Å². The lowest BCUT2D eigenvalue weighted by molar-refractivity contribution is -0.117. The first-order valence-electron chi connectivity index (χ1n) is 13.1. The molecule has 0 aliphatic heterocycles. The molecule has 1 heterocycles. The molecule has 4 aromatic carbocycles. The van der Waals surface area contributed by atoms with E-state index in [2.05, 4.69) is 40.6 Å². The number of rotatable bonds is 10. The van der Waals surface area contributed by atoms with E-state index in [0.717, 1.165) is 11.1 Å². The molecule has 0 saturated heterocycles.